The second-order valence-corrected chi connectivity index (χ2v) is 4.50. The van der Waals surface area contributed by atoms with E-state index in [2.05, 4.69) is 5.32 Å². The van der Waals surface area contributed by atoms with E-state index in [1.807, 2.05) is 13.8 Å². The quantitative estimate of drug-likeness (QED) is 0.836. The molecule has 0 amide bonds. The number of aliphatic hydroxyl groups excluding tert-OH is 1. The zero-order valence-electron chi connectivity index (χ0n) is 9.50. The van der Waals surface area contributed by atoms with Crippen molar-refractivity contribution in [2.45, 2.75) is 19.9 Å². The maximum Gasteiger partial charge on any atom is 0.141 e. The highest BCUT2D eigenvalue weighted by Gasteiger charge is 2.09. The Morgan fingerprint density at radius 2 is 2.12 bits per heavy atom. The third kappa shape index (κ3) is 3.74. The Morgan fingerprint density at radius 3 is 2.69 bits per heavy atom. The molecule has 0 aliphatic carbocycles. The molecule has 90 valence electrons. The van der Waals surface area contributed by atoms with Gasteiger partial charge < -0.3 is 10.4 Å². The fraction of sp³-hybridized carbons (Fsp3) is 0.500. The summed E-state index contributed by atoms with van der Waals surface area (Å²) in [5, 5.41) is 12.3. The first-order valence-electron chi connectivity index (χ1n) is 5.33. The summed E-state index contributed by atoms with van der Waals surface area (Å²) in [5.74, 6) is -0.195. The van der Waals surface area contributed by atoms with Crippen LogP contribution < -0.4 is 5.32 Å². The van der Waals surface area contributed by atoms with E-state index in [0.717, 1.165) is 5.56 Å². The van der Waals surface area contributed by atoms with E-state index in [9.17, 15) is 4.39 Å². The Bertz CT molecular complexity index is 346. The molecule has 16 heavy (non-hydrogen) atoms. The summed E-state index contributed by atoms with van der Waals surface area (Å²) >= 11 is 5.71. The van der Waals surface area contributed by atoms with Crippen molar-refractivity contribution < 1.29 is 9.50 Å². The first-order valence-corrected chi connectivity index (χ1v) is 5.71. The normalized spacial score (nSPS) is 14.8. The third-order valence-corrected chi connectivity index (χ3v) is 2.82. The molecule has 0 fully saturated rings. The van der Waals surface area contributed by atoms with Crippen LogP contribution >= 0.6 is 11.6 Å². The predicted molar refractivity (Wildman–Crippen MR) is 64.1 cm³/mol. The molecule has 1 rings (SSSR count). The molecule has 4 heteroatoms. The fourth-order valence-electron chi connectivity index (χ4n) is 1.34. The van der Waals surface area contributed by atoms with Gasteiger partial charge in [0.05, 0.1) is 5.02 Å². The molecule has 0 aliphatic heterocycles. The zero-order chi connectivity index (χ0) is 12.1. The van der Waals surface area contributed by atoms with E-state index in [4.69, 9.17) is 16.7 Å². The molecular weight excluding hydrogens is 229 g/mol. The highest BCUT2D eigenvalue weighted by molar-refractivity contribution is 6.30. The molecule has 0 radical (unpaired) electrons. The zero-order valence-corrected chi connectivity index (χ0v) is 10.3. The van der Waals surface area contributed by atoms with Crippen molar-refractivity contribution in [3.8, 4) is 0 Å². The lowest BCUT2D eigenvalue weighted by atomic mass is 10.1. The van der Waals surface area contributed by atoms with Crippen LogP contribution in [0.2, 0.25) is 5.02 Å². The first-order chi connectivity index (χ1) is 7.54. The van der Waals surface area contributed by atoms with Crippen LogP contribution in [0, 0.1) is 11.7 Å². The second kappa shape index (κ2) is 6.18. The number of hydrogen-bond donors (Lipinski definition) is 2. The summed E-state index contributed by atoms with van der Waals surface area (Å²) in [5.41, 5.74) is 0.941. The Labute approximate surface area is 100 Å². The minimum Gasteiger partial charge on any atom is -0.396 e. The molecule has 2 unspecified atom stereocenters. The summed E-state index contributed by atoms with van der Waals surface area (Å²) in [6.45, 7) is 4.81. The molecule has 1 aromatic carbocycles. The molecule has 0 aliphatic rings. The van der Waals surface area contributed by atoms with E-state index in [1.165, 1.54) is 6.07 Å². The summed E-state index contributed by atoms with van der Waals surface area (Å²) in [7, 11) is 0. The Morgan fingerprint density at radius 1 is 1.44 bits per heavy atom. The molecule has 0 heterocycles. The van der Waals surface area contributed by atoms with E-state index in [0.29, 0.717) is 6.54 Å². The maximum absolute atomic E-state index is 12.9. The van der Waals surface area contributed by atoms with Gasteiger partial charge in [0.2, 0.25) is 0 Å². The highest BCUT2D eigenvalue weighted by atomic mass is 35.5. The van der Waals surface area contributed by atoms with Gasteiger partial charge in [-0.3, -0.25) is 0 Å². The number of nitrogens with one attached hydrogen (secondary N) is 1. The van der Waals surface area contributed by atoms with Crippen molar-refractivity contribution in [2.24, 2.45) is 5.92 Å². The average molecular weight is 246 g/mol. The number of hydrogen-bond acceptors (Lipinski definition) is 2. The van der Waals surface area contributed by atoms with Crippen LogP contribution in [0.1, 0.15) is 25.5 Å². The van der Waals surface area contributed by atoms with Crippen LogP contribution in [-0.4, -0.2) is 18.3 Å². The van der Waals surface area contributed by atoms with Gasteiger partial charge >= 0.3 is 0 Å². The third-order valence-electron chi connectivity index (χ3n) is 2.53. The Kier molecular flexibility index (Phi) is 5.19. The van der Waals surface area contributed by atoms with Gasteiger partial charge in [-0.2, -0.15) is 0 Å². The number of aliphatic hydroxyl groups is 1. The van der Waals surface area contributed by atoms with Gasteiger partial charge in [-0.05, 0) is 30.5 Å². The second-order valence-electron chi connectivity index (χ2n) is 4.09. The van der Waals surface area contributed by atoms with E-state index in [1.54, 1.807) is 12.1 Å². The van der Waals surface area contributed by atoms with Crippen LogP contribution in [-0.2, 0) is 0 Å². The van der Waals surface area contributed by atoms with Crippen molar-refractivity contribution >= 4 is 11.6 Å². The molecule has 0 bridgehead atoms. The Hall–Kier alpha value is -0.640. The summed E-state index contributed by atoms with van der Waals surface area (Å²) in [4.78, 5) is 0. The van der Waals surface area contributed by atoms with Gasteiger partial charge in [0.1, 0.15) is 5.82 Å². The van der Waals surface area contributed by atoms with Crippen molar-refractivity contribution in [1.82, 2.24) is 5.32 Å². The molecule has 0 aromatic heterocycles. The first kappa shape index (κ1) is 13.4. The Balaban J connectivity index is 2.59. The fourth-order valence-corrected chi connectivity index (χ4v) is 1.53. The monoisotopic (exact) mass is 245 g/mol. The minimum absolute atomic E-state index is 0.0899. The minimum atomic E-state index is -0.402. The van der Waals surface area contributed by atoms with Crippen LogP contribution in [0.15, 0.2) is 18.2 Å². The van der Waals surface area contributed by atoms with Crippen molar-refractivity contribution in [1.29, 1.82) is 0 Å². The van der Waals surface area contributed by atoms with Crippen LogP contribution in [0.3, 0.4) is 0 Å². The topological polar surface area (TPSA) is 32.3 Å². The van der Waals surface area contributed by atoms with Crippen LogP contribution in [0.25, 0.3) is 0 Å². The number of halogens is 2. The van der Waals surface area contributed by atoms with Crippen molar-refractivity contribution in [3.63, 3.8) is 0 Å². The van der Waals surface area contributed by atoms with Crippen molar-refractivity contribution in [2.75, 3.05) is 13.2 Å². The molecule has 2 N–H and O–H groups in total. The highest BCUT2D eigenvalue weighted by Crippen LogP contribution is 2.20. The summed E-state index contributed by atoms with van der Waals surface area (Å²) < 4.78 is 12.9. The standard InChI is InChI=1S/C12H17ClFNO/c1-8(7-16)6-15-9(2)10-3-4-12(14)11(13)5-10/h3-5,8-9,15-16H,6-7H2,1-2H3. The molecule has 2 nitrogen and oxygen atoms in total. The molecule has 2 atom stereocenters. The lowest BCUT2D eigenvalue weighted by Crippen LogP contribution is -2.26. The van der Waals surface area contributed by atoms with E-state index >= 15 is 0 Å². The van der Waals surface area contributed by atoms with Gasteiger partial charge in [-0.15, -0.1) is 0 Å². The molecule has 0 saturated heterocycles. The van der Waals surface area contributed by atoms with E-state index < -0.39 is 5.82 Å². The molecule has 0 saturated carbocycles. The number of rotatable bonds is 5. The predicted octanol–water partition coefficient (Wildman–Crippen LogP) is 2.76. The molecular formula is C12H17ClFNO. The number of benzene rings is 1. The maximum atomic E-state index is 12.9. The van der Waals surface area contributed by atoms with Crippen LogP contribution in [0.5, 0.6) is 0 Å². The van der Waals surface area contributed by atoms with Gasteiger partial charge in [-0.1, -0.05) is 24.6 Å². The summed E-state index contributed by atoms with van der Waals surface area (Å²) in [6.07, 6.45) is 0. The van der Waals surface area contributed by atoms with Crippen molar-refractivity contribution in [3.05, 3.63) is 34.6 Å². The van der Waals surface area contributed by atoms with E-state index in [-0.39, 0.29) is 23.6 Å². The smallest absolute Gasteiger partial charge is 0.141 e. The van der Waals surface area contributed by atoms with Gasteiger partial charge in [0.15, 0.2) is 0 Å². The largest absolute Gasteiger partial charge is 0.396 e. The van der Waals surface area contributed by atoms with Crippen LogP contribution in [0.4, 0.5) is 4.39 Å². The molecule has 1 aromatic rings. The van der Waals surface area contributed by atoms with Gasteiger partial charge in [0.25, 0.3) is 0 Å². The SMILES string of the molecule is CC(CO)CNC(C)c1ccc(F)c(Cl)c1. The summed E-state index contributed by atoms with van der Waals surface area (Å²) in [6, 6.07) is 4.79. The van der Waals surface area contributed by atoms with Gasteiger partial charge in [-0.25, -0.2) is 4.39 Å². The molecule has 0 spiro atoms. The average Bonchev–Trinajstić information content (AvgIpc) is 2.29. The lowest BCUT2D eigenvalue weighted by Gasteiger charge is -2.17. The lowest BCUT2D eigenvalue weighted by molar-refractivity contribution is 0.231. The van der Waals surface area contributed by atoms with Gasteiger partial charge in [0, 0.05) is 19.2 Å².